The molecule has 1 saturated carbocycles. The number of benzene rings is 2. The molecule has 1 aliphatic carbocycles. The van der Waals surface area contributed by atoms with E-state index in [0.29, 0.717) is 11.4 Å². The quantitative estimate of drug-likeness (QED) is 0.404. The van der Waals surface area contributed by atoms with Gasteiger partial charge < -0.3 is 10.6 Å². The third kappa shape index (κ3) is 4.68. The van der Waals surface area contributed by atoms with Crippen LogP contribution in [0.4, 0.5) is 17.1 Å². The average molecular weight is 398 g/mol. The molecule has 0 heterocycles. The molecule has 1 fully saturated rings. The Bertz CT molecular complexity index is 955. The summed E-state index contributed by atoms with van der Waals surface area (Å²) in [6, 6.07) is 10.6. The van der Waals surface area contributed by atoms with Gasteiger partial charge in [-0.1, -0.05) is 6.07 Å². The lowest BCUT2D eigenvalue weighted by Crippen LogP contribution is -2.34. The van der Waals surface area contributed by atoms with Crippen LogP contribution in [0.25, 0.3) is 0 Å². The number of carbonyl (C=O) groups is 2. The molecule has 0 spiro atoms. The smallest absolute Gasteiger partial charge is 0.269 e. The van der Waals surface area contributed by atoms with Crippen molar-refractivity contribution in [3.8, 4) is 0 Å². The van der Waals surface area contributed by atoms with Gasteiger partial charge in [-0.3, -0.25) is 25.0 Å². The number of nitrogens with zero attached hydrogens (tertiary/aromatic N) is 1. The van der Waals surface area contributed by atoms with Crippen molar-refractivity contribution >= 4 is 46.2 Å². The second-order valence-corrected chi connectivity index (χ2v) is 6.86. The van der Waals surface area contributed by atoms with Gasteiger partial charge in [-0.05, 0) is 61.8 Å². The molecule has 3 N–H and O–H groups in total. The van der Waals surface area contributed by atoms with Crippen LogP contribution in [0.2, 0.25) is 0 Å². The van der Waals surface area contributed by atoms with Gasteiger partial charge in [-0.25, -0.2) is 0 Å². The maximum Gasteiger partial charge on any atom is 0.269 e. The zero-order chi connectivity index (χ0) is 20.3. The van der Waals surface area contributed by atoms with E-state index in [4.69, 9.17) is 12.2 Å². The summed E-state index contributed by atoms with van der Waals surface area (Å²) in [4.78, 5) is 34.4. The van der Waals surface area contributed by atoms with Crippen LogP contribution in [0.15, 0.2) is 42.5 Å². The van der Waals surface area contributed by atoms with Crippen LogP contribution in [-0.2, 0) is 4.79 Å². The molecule has 1 aliphatic rings. The fraction of sp³-hybridized carbons (Fsp3) is 0.211. The van der Waals surface area contributed by atoms with E-state index in [9.17, 15) is 19.7 Å². The number of nitro groups is 1. The van der Waals surface area contributed by atoms with Crippen molar-refractivity contribution in [1.29, 1.82) is 0 Å². The maximum absolute atomic E-state index is 12.2. The molecule has 3 rings (SSSR count). The highest BCUT2D eigenvalue weighted by Crippen LogP contribution is 2.31. The summed E-state index contributed by atoms with van der Waals surface area (Å²) in [5.74, 6) is -0.379. The fourth-order valence-electron chi connectivity index (χ4n) is 2.55. The predicted molar refractivity (Wildman–Crippen MR) is 109 cm³/mol. The molecule has 144 valence electrons. The molecule has 9 heteroatoms. The van der Waals surface area contributed by atoms with Gasteiger partial charge in [0.2, 0.25) is 5.91 Å². The Morgan fingerprint density at radius 2 is 1.68 bits per heavy atom. The van der Waals surface area contributed by atoms with Gasteiger partial charge in [0.05, 0.1) is 4.92 Å². The van der Waals surface area contributed by atoms with Crippen LogP contribution >= 0.6 is 12.2 Å². The van der Waals surface area contributed by atoms with Gasteiger partial charge in [-0.2, -0.15) is 0 Å². The zero-order valence-corrected chi connectivity index (χ0v) is 15.8. The van der Waals surface area contributed by atoms with Crippen LogP contribution in [0.3, 0.4) is 0 Å². The number of anilines is 2. The fourth-order valence-corrected chi connectivity index (χ4v) is 2.75. The van der Waals surface area contributed by atoms with Gasteiger partial charge in [0, 0.05) is 35.0 Å². The third-order valence-corrected chi connectivity index (χ3v) is 4.56. The maximum atomic E-state index is 12.2. The number of nitro benzene ring substituents is 1. The molecular formula is C19H18N4O4S. The first-order chi connectivity index (χ1) is 13.3. The van der Waals surface area contributed by atoms with Gasteiger partial charge in [0.15, 0.2) is 5.11 Å². The molecule has 0 aliphatic heterocycles. The molecule has 2 aromatic rings. The summed E-state index contributed by atoms with van der Waals surface area (Å²) in [6.07, 6.45) is 1.84. The first-order valence-electron chi connectivity index (χ1n) is 8.62. The molecule has 28 heavy (non-hydrogen) atoms. The Balaban J connectivity index is 1.63. The van der Waals surface area contributed by atoms with Gasteiger partial charge in [0.25, 0.3) is 11.6 Å². The topological polar surface area (TPSA) is 113 Å². The lowest BCUT2D eigenvalue weighted by atomic mass is 10.1. The van der Waals surface area contributed by atoms with Crippen molar-refractivity contribution in [1.82, 2.24) is 5.32 Å². The van der Waals surface area contributed by atoms with Crippen molar-refractivity contribution in [2.24, 2.45) is 5.92 Å². The number of non-ortho nitro benzene ring substituents is 1. The van der Waals surface area contributed by atoms with E-state index in [1.165, 1.54) is 24.3 Å². The second kappa shape index (κ2) is 8.13. The van der Waals surface area contributed by atoms with Crippen LogP contribution in [-0.4, -0.2) is 21.9 Å². The predicted octanol–water partition coefficient (Wildman–Crippen LogP) is 3.38. The molecule has 8 nitrogen and oxygen atoms in total. The molecular weight excluding hydrogens is 380 g/mol. The number of carbonyl (C=O) groups excluding carboxylic acids is 2. The number of rotatable bonds is 5. The minimum Gasteiger partial charge on any atom is -0.332 e. The standard InChI is InChI=1S/C19H18N4O4S/c1-11-15(20-17(24)12-5-6-12)3-2-4-16(11)21-19(28)22-18(25)13-7-9-14(10-8-13)23(26)27/h2-4,7-10,12H,5-6H2,1H3,(H,20,24)(H2,21,22,25,28). The van der Waals surface area contributed by atoms with E-state index in [1.54, 1.807) is 18.2 Å². The number of nitrogens with one attached hydrogen (secondary N) is 3. The Morgan fingerprint density at radius 3 is 2.25 bits per heavy atom. The summed E-state index contributed by atoms with van der Waals surface area (Å²) in [5, 5.41) is 19.1. The molecule has 2 amide bonds. The highest BCUT2D eigenvalue weighted by atomic mass is 32.1. The second-order valence-electron chi connectivity index (χ2n) is 6.45. The van der Waals surface area contributed by atoms with E-state index in [-0.39, 0.29) is 28.2 Å². The molecule has 0 saturated heterocycles. The minimum atomic E-state index is -0.536. The molecule has 2 aromatic carbocycles. The van der Waals surface area contributed by atoms with Crippen LogP contribution in [0.1, 0.15) is 28.8 Å². The molecule has 0 bridgehead atoms. The largest absolute Gasteiger partial charge is 0.332 e. The van der Waals surface area contributed by atoms with Gasteiger partial charge in [0.1, 0.15) is 0 Å². The number of thiocarbonyl (C=S) groups is 1. The van der Waals surface area contributed by atoms with Crippen molar-refractivity contribution < 1.29 is 14.5 Å². The van der Waals surface area contributed by atoms with E-state index < -0.39 is 10.8 Å². The highest BCUT2D eigenvalue weighted by molar-refractivity contribution is 7.80. The Kier molecular flexibility index (Phi) is 5.65. The van der Waals surface area contributed by atoms with Crippen molar-refractivity contribution in [2.75, 3.05) is 10.6 Å². The van der Waals surface area contributed by atoms with E-state index in [1.807, 2.05) is 6.92 Å². The minimum absolute atomic E-state index is 0.00861. The van der Waals surface area contributed by atoms with Crippen LogP contribution in [0, 0.1) is 23.0 Å². The van der Waals surface area contributed by atoms with Crippen molar-refractivity contribution in [3.63, 3.8) is 0 Å². The molecule has 0 unspecified atom stereocenters. The average Bonchev–Trinajstić information content (AvgIpc) is 3.50. The summed E-state index contributed by atoms with van der Waals surface area (Å²) >= 11 is 5.18. The highest BCUT2D eigenvalue weighted by Gasteiger charge is 2.29. The first-order valence-corrected chi connectivity index (χ1v) is 9.03. The lowest BCUT2D eigenvalue weighted by Gasteiger charge is -2.15. The zero-order valence-electron chi connectivity index (χ0n) is 15.0. The summed E-state index contributed by atoms with van der Waals surface area (Å²) in [5.41, 5.74) is 2.28. The van der Waals surface area contributed by atoms with E-state index in [0.717, 1.165) is 18.4 Å². The Morgan fingerprint density at radius 1 is 1.07 bits per heavy atom. The van der Waals surface area contributed by atoms with Crippen LogP contribution in [0.5, 0.6) is 0 Å². The summed E-state index contributed by atoms with van der Waals surface area (Å²) in [6.45, 7) is 1.84. The number of hydrogen-bond acceptors (Lipinski definition) is 5. The SMILES string of the molecule is Cc1c(NC(=O)C2CC2)cccc1NC(=S)NC(=O)c1ccc([N+](=O)[O-])cc1. The normalized spacial score (nSPS) is 12.8. The number of amides is 2. The molecule has 0 atom stereocenters. The van der Waals surface area contributed by atoms with Crippen molar-refractivity contribution in [2.45, 2.75) is 19.8 Å². The number of hydrogen-bond donors (Lipinski definition) is 3. The monoisotopic (exact) mass is 398 g/mol. The van der Waals surface area contributed by atoms with Crippen molar-refractivity contribution in [3.05, 3.63) is 63.7 Å². The van der Waals surface area contributed by atoms with Gasteiger partial charge >= 0.3 is 0 Å². The van der Waals surface area contributed by atoms with Gasteiger partial charge in [-0.15, -0.1) is 0 Å². The Hall–Kier alpha value is -3.33. The molecule has 0 radical (unpaired) electrons. The lowest BCUT2D eigenvalue weighted by molar-refractivity contribution is -0.384. The van der Waals surface area contributed by atoms with E-state index >= 15 is 0 Å². The third-order valence-electron chi connectivity index (χ3n) is 4.36. The summed E-state index contributed by atoms with van der Waals surface area (Å²) < 4.78 is 0. The summed E-state index contributed by atoms with van der Waals surface area (Å²) in [7, 11) is 0. The Labute approximate surface area is 166 Å². The first kappa shape index (κ1) is 19.4. The van der Waals surface area contributed by atoms with E-state index in [2.05, 4.69) is 16.0 Å². The van der Waals surface area contributed by atoms with Crippen LogP contribution < -0.4 is 16.0 Å². The molecule has 0 aromatic heterocycles.